The van der Waals surface area contributed by atoms with Gasteiger partial charge in [-0.2, -0.15) is 0 Å². The molecule has 5 heteroatoms. The van der Waals surface area contributed by atoms with E-state index in [4.69, 9.17) is 0 Å². The SMILES string of the molecule is C[C@@H]1Cc2c([nH]c3ccccc23)[C@@H](c2ccc(O)cc2)N1C1=C=CC1.FCCCN1CCCC1.[HH]. The second kappa shape index (κ2) is 10.1. The lowest BCUT2D eigenvalue weighted by atomic mass is 9.87. The van der Waals surface area contributed by atoms with E-state index in [0.29, 0.717) is 11.8 Å². The Hall–Kier alpha value is -3.01. The standard InChI is InChI=1S/C22H20N2O.C7H14FN.H2/c1-14-13-19-18-7-2-3-8-20(18)23-21(19)22(24(14)16-5-4-6-16)15-9-11-17(25)12-10-15;8-4-3-7-9-5-1-2-6-9;/h2-4,7-12,14,22-23,25H,5,13H2,1H3;1-7H2;1H/t14-,22-;;/m1../s1. The zero-order valence-electron chi connectivity index (χ0n) is 19.9. The van der Waals surface area contributed by atoms with Crippen molar-refractivity contribution in [1.29, 1.82) is 0 Å². The van der Waals surface area contributed by atoms with Gasteiger partial charge in [0.1, 0.15) is 5.75 Å². The molecule has 0 spiro atoms. The third kappa shape index (κ3) is 4.51. The normalized spacial score (nSPS) is 21.6. The van der Waals surface area contributed by atoms with Crippen molar-refractivity contribution in [2.75, 3.05) is 26.3 Å². The molecule has 1 saturated heterocycles. The van der Waals surface area contributed by atoms with Gasteiger partial charge in [0.05, 0.1) is 18.4 Å². The topological polar surface area (TPSA) is 42.5 Å². The number of H-pyrrole nitrogens is 1. The first-order valence-electron chi connectivity index (χ1n) is 12.5. The number of hydrogen-bond acceptors (Lipinski definition) is 3. The number of nitrogens with one attached hydrogen (secondary N) is 1. The number of halogens is 1. The van der Waals surface area contributed by atoms with Crippen LogP contribution in [-0.4, -0.2) is 52.2 Å². The predicted molar refractivity (Wildman–Crippen MR) is 138 cm³/mol. The number of aromatic amines is 1. The molecule has 1 aliphatic carbocycles. The van der Waals surface area contributed by atoms with E-state index in [1.165, 1.54) is 59.4 Å². The number of phenols is 1. The zero-order valence-corrected chi connectivity index (χ0v) is 19.9. The molecule has 3 aromatic rings. The molecule has 3 heterocycles. The molecule has 1 fully saturated rings. The van der Waals surface area contributed by atoms with Gasteiger partial charge < -0.3 is 19.9 Å². The first-order chi connectivity index (χ1) is 16.7. The van der Waals surface area contributed by atoms with E-state index in [1.54, 1.807) is 12.1 Å². The molecular formula is C29H36FN3O. The molecule has 34 heavy (non-hydrogen) atoms. The van der Waals surface area contributed by atoms with Crippen LogP contribution in [-0.2, 0) is 6.42 Å². The van der Waals surface area contributed by atoms with Crippen molar-refractivity contribution in [3.8, 4) is 5.75 Å². The number of likely N-dealkylation sites (tertiary alicyclic amines) is 1. The summed E-state index contributed by atoms with van der Waals surface area (Å²) >= 11 is 0. The molecule has 4 nitrogen and oxygen atoms in total. The highest BCUT2D eigenvalue weighted by Crippen LogP contribution is 2.44. The van der Waals surface area contributed by atoms with Crippen LogP contribution in [0.15, 0.2) is 66.0 Å². The number of alkyl halides is 1. The van der Waals surface area contributed by atoms with E-state index >= 15 is 0 Å². The molecule has 2 atom stereocenters. The summed E-state index contributed by atoms with van der Waals surface area (Å²) in [6.07, 6.45) is 7.45. The average molecular weight is 462 g/mol. The maximum atomic E-state index is 11.6. The van der Waals surface area contributed by atoms with Gasteiger partial charge in [-0.3, -0.25) is 4.39 Å². The average Bonchev–Trinajstić information content (AvgIpc) is 3.46. The molecule has 180 valence electrons. The van der Waals surface area contributed by atoms with Crippen LogP contribution in [0.3, 0.4) is 0 Å². The molecule has 1 aromatic heterocycles. The molecule has 0 bridgehead atoms. The Morgan fingerprint density at radius 1 is 1.12 bits per heavy atom. The van der Waals surface area contributed by atoms with Crippen molar-refractivity contribution in [3.63, 3.8) is 0 Å². The second-order valence-corrected chi connectivity index (χ2v) is 9.61. The number of aromatic nitrogens is 1. The van der Waals surface area contributed by atoms with Gasteiger partial charge in [-0.25, -0.2) is 0 Å². The minimum atomic E-state index is -0.156. The van der Waals surface area contributed by atoms with Gasteiger partial charge in [-0.15, -0.1) is 5.73 Å². The summed E-state index contributed by atoms with van der Waals surface area (Å²) in [5.74, 6) is 0.304. The second-order valence-electron chi connectivity index (χ2n) is 9.61. The maximum Gasteiger partial charge on any atom is 0.115 e. The number of nitrogens with zero attached hydrogens (tertiary/aromatic N) is 2. The molecule has 0 unspecified atom stereocenters. The largest absolute Gasteiger partial charge is 0.508 e. The van der Waals surface area contributed by atoms with Crippen LogP contribution < -0.4 is 0 Å². The first kappa shape index (κ1) is 22.8. The van der Waals surface area contributed by atoms with Gasteiger partial charge in [0, 0.05) is 37.0 Å². The number of hydrogen-bond donors (Lipinski definition) is 2. The van der Waals surface area contributed by atoms with Crippen LogP contribution in [0.5, 0.6) is 5.75 Å². The summed E-state index contributed by atoms with van der Waals surface area (Å²) in [5.41, 5.74) is 9.73. The van der Waals surface area contributed by atoms with Crippen LogP contribution in [0.25, 0.3) is 10.9 Å². The quantitative estimate of drug-likeness (QED) is 0.436. The predicted octanol–water partition coefficient (Wildman–Crippen LogP) is 6.34. The Morgan fingerprint density at radius 2 is 1.85 bits per heavy atom. The van der Waals surface area contributed by atoms with E-state index < -0.39 is 0 Å². The van der Waals surface area contributed by atoms with Crippen molar-refractivity contribution in [1.82, 2.24) is 14.8 Å². The third-order valence-electron chi connectivity index (χ3n) is 7.26. The number of rotatable bonds is 5. The van der Waals surface area contributed by atoms with E-state index in [-0.39, 0.29) is 14.1 Å². The summed E-state index contributed by atoms with van der Waals surface area (Å²) in [5, 5.41) is 11.0. The first-order valence-corrected chi connectivity index (χ1v) is 12.5. The van der Waals surface area contributed by atoms with Crippen molar-refractivity contribution in [3.05, 3.63) is 82.9 Å². The Morgan fingerprint density at radius 3 is 2.53 bits per heavy atom. The van der Waals surface area contributed by atoms with Gasteiger partial charge >= 0.3 is 0 Å². The fourth-order valence-corrected chi connectivity index (χ4v) is 5.53. The summed E-state index contributed by atoms with van der Waals surface area (Å²) in [6, 6.07) is 16.7. The van der Waals surface area contributed by atoms with Crippen molar-refractivity contribution >= 4 is 10.9 Å². The number of aromatic hydroxyl groups is 1. The van der Waals surface area contributed by atoms with Gasteiger partial charge in [-0.1, -0.05) is 30.3 Å². The fourth-order valence-electron chi connectivity index (χ4n) is 5.53. The zero-order chi connectivity index (χ0) is 23.5. The molecule has 2 aliphatic heterocycles. The van der Waals surface area contributed by atoms with Crippen LogP contribution in [0.1, 0.15) is 56.9 Å². The number of fused-ring (bicyclic) bond motifs is 3. The molecule has 6 rings (SSSR count). The molecule has 2 aromatic carbocycles. The van der Waals surface area contributed by atoms with E-state index in [0.717, 1.165) is 25.8 Å². The van der Waals surface area contributed by atoms with Crippen molar-refractivity contribution in [2.24, 2.45) is 0 Å². The Labute approximate surface area is 202 Å². The Kier molecular flexibility index (Phi) is 6.75. The van der Waals surface area contributed by atoms with Gasteiger partial charge in [0.25, 0.3) is 0 Å². The lowest BCUT2D eigenvalue weighted by Crippen LogP contribution is -2.42. The van der Waals surface area contributed by atoms with E-state index in [1.807, 2.05) is 12.1 Å². The van der Waals surface area contributed by atoms with Crippen molar-refractivity contribution < 1.29 is 10.9 Å². The summed E-state index contributed by atoms with van der Waals surface area (Å²) in [4.78, 5) is 8.50. The van der Waals surface area contributed by atoms with Crippen LogP contribution in [0, 0.1) is 0 Å². The molecule has 3 aliphatic rings. The summed E-state index contributed by atoms with van der Waals surface area (Å²) in [7, 11) is 0. The third-order valence-corrected chi connectivity index (χ3v) is 7.26. The summed E-state index contributed by atoms with van der Waals surface area (Å²) in [6.45, 7) is 5.50. The van der Waals surface area contributed by atoms with Crippen LogP contribution in [0.2, 0.25) is 0 Å². The highest BCUT2D eigenvalue weighted by molar-refractivity contribution is 5.85. The Balaban J connectivity index is 0.000000247. The highest BCUT2D eigenvalue weighted by Gasteiger charge is 2.37. The number of para-hydroxylation sites is 1. The lowest BCUT2D eigenvalue weighted by Gasteiger charge is -2.44. The minimum absolute atomic E-state index is 0. The molecule has 0 amide bonds. The molecular weight excluding hydrogens is 425 g/mol. The lowest BCUT2D eigenvalue weighted by molar-refractivity contribution is 0.194. The smallest absolute Gasteiger partial charge is 0.115 e. The van der Waals surface area contributed by atoms with Crippen molar-refractivity contribution in [2.45, 2.75) is 51.1 Å². The molecule has 0 radical (unpaired) electrons. The highest BCUT2D eigenvalue weighted by atomic mass is 19.1. The maximum absolute atomic E-state index is 11.6. The Bertz CT molecular complexity index is 1190. The molecule has 0 saturated carbocycles. The summed E-state index contributed by atoms with van der Waals surface area (Å²) < 4.78 is 11.6. The minimum Gasteiger partial charge on any atom is -0.508 e. The molecule has 2 N–H and O–H groups in total. The van der Waals surface area contributed by atoms with Gasteiger partial charge in [0.15, 0.2) is 0 Å². The van der Waals surface area contributed by atoms with Crippen LogP contribution in [0.4, 0.5) is 4.39 Å². The van der Waals surface area contributed by atoms with Crippen LogP contribution >= 0.6 is 0 Å². The van der Waals surface area contributed by atoms with E-state index in [9.17, 15) is 9.50 Å². The number of benzene rings is 2. The van der Waals surface area contributed by atoms with E-state index in [2.05, 4.69) is 57.8 Å². The fraction of sp³-hybridized carbons (Fsp3) is 0.414. The number of phenolic OH excluding ortho intramolecular Hbond substituents is 1. The monoisotopic (exact) mass is 461 g/mol. The van der Waals surface area contributed by atoms with Gasteiger partial charge in [-0.05, 0) is 81.1 Å². The van der Waals surface area contributed by atoms with Gasteiger partial charge in [0.2, 0.25) is 0 Å².